The zero-order valence-electron chi connectivity index (χ0n) is 17.2. The van der Waals surface area contributed by atoms with Crippen LogP contribution < -0.4 is 10.0 Å². The second kappa shape index (κ2) is 8.75. The highest BCUT2D eigenvalue weighted by molar-refractivity contribution is 7.89. The van der Waals surface area contributed by atoms with E-state index < -0.39 is 34.0 Å². The Bertz CT molecular complexity index is 986. The molecule has 29 heavy (non-hydrogen) atoms. The molecule has 0 unspecified atom stereocenters. The van der Waals surface area contributed by atoms with E-state index in [1.807, 2.05) is 32.0 Å². The minimum atomic E-state index is -3.70. The van der Waals surface area contributed by atoms with Gasteiger partial charge in [0.25, 0.3) is 5.91 Å². The van der Waals surface area contributed by atoms with E-state index in [9.17, 15) is 18.0 Å². The number of anilines is 1. The summed E-state index contributed by atoms with van der Waals surface area (Å²) in [5.41, 5.74) is 2.03. The predicted molar refractivity (Wildman–Crippen MR) is 111 cm³/mol. The van der Waals surface area contributed by atoms with Gasteiger partial charge in [0.05, 0.1) is 10.5 Å². The van der Waals surface area contributed by atoms with Crippen molar-refractivity contribution in [2.75, 3.05) is 11.9 Å². The maximum atomic E-state index is 12.3. The van der Waals surface area contributed by atoms with Crippen molar-refractivity contribution < 1.29 is 22.7 Å². The van der Waals surface area contributed by atoms with Crippen LogP contribution in [0.5, 0.6) is 0 Å². The van der Waals surface area contributed by atoms with Gasteiger partial charge in [-0.3, -0.25) is 4.79 Å². The molecule has 0 heterocycles. The molecule has 0 saturated heterocycles. The molecule has 2 N–H and O–H groups in total. The summed E-state index contributed by atoms with van der Waals surface area (Å²) in [6.45, 7) is 8.51. The number of hydrogen-bond donors (Lipinski definition) is 2. The summed E-state index contributed by atoms with van der Waals surface area (Å²) in [4.78, 5) is 24.3. The number of benzene rings is 2. The number of sulfonamides is 1. The molecule has 0 atom stereocenters. The van der Waals surface area contributed by atoms with E-state index in [4.69, 9.17) is 4.74 Å². The summed E-state index contributed by atoms with van der Waals surface area (Å²) < 4.78 is 32.2. The van der Waals surface area contributed by atoms with E-state index in [0.29, 0.717) is 5.69 Å². The molecule has 156 valence electrons. The molecule has 0 aliphatic rings. The normalized spacial score (nSPS) is 11.8. The van der Waals surface area contributed by atoms with E-state index in [-0.39, 0.29) is 10.5 Å². The molecule has 0 saturated carbocycles. The van der Waals surface area contributed by atoms with Crippen LogP contribution in [0.1, 0.15) is 42.3 Å². The second-order valence-corrected chi connectivity index (χ2v) is 9.45. The molecule has 0 aliphatic carbocycles. The highest BCUT2D eigenvalue weighted by atomic mass is 32.2. The molecule has 0 aliphatic heterocycles. The van der Waals surface area contributed by atoms with E-state index in [2.05, 4.69) is 10.0 Å². The molecule has 8 heteroatoms. The lowest BCUT2D eigenvalue weighted by Crippen LogP contribution is -2.40. The Morgan fingerprint density at radius 2 is 1.52 bits per heavy atom. The second-order valence-electron chi connectivity index (χ2n) is 7.77. The Balaban J connectivity index is 1.98. The number of esters is 1. The summed E-state index contributed by atoms with van der Waals surface area (Å²) in [6.07, 6.45) is 0. The summed E-state index contributed by atoms with van der Waals surface area (Å²) in [5, 5.41) is 2.73. The van der Waals surface area contributed by atoms with E-state index >= 15 is 0 Å². The predicted octanol–water partition coefficient (Wildman–Crippen LogP) is 3.18. The molecule has 0 radical (unpaired) electrons. The van der Waals surface area contributed by atoms with E-state index in [1.54, 1.807) is 20.8 Å². The molecule has 2 aromatic rings. The van der Waals surface area contributed by atoms with E-state index in [0.717, 1.165) is 11.1 Å². The number of aryl methyl sites for hydroxylation is 2. The third kappa shape index (κ3) is 6.40. The van der Waals surface area contributed by atoms with Gasteiger partial charge in [0, 0.05) is 11.2 Å². The van der Waals surface area contributed by atoms with Crippen LogP contribution in [0, 0.1) is 13.8 Å². The number of rotatable bonds is 6. The van der Waals surface area contributed by atoms with Crippen molar-refractivity contribution in [3.05, 3.63) is 59.2 Å². The van der Waals surface area contributed by atoms with Gasteiger partial charge >= 0.3 is 5.97 Å². The van der Waals surface area contributed by atoms with Crippen LogP contribution in [0.2, 0.25) is 0 Å². The Hall–Kier alpha value is -2.71. The molecular weight excluding hydrogens is 392 g/mol. The minimum absolute atomic E-state index is 0.0387. The number of carbonyl (C=O) groups excluding carboxylic acids is 2. The van der Waals surface area contributed by atoms with Crippen molar-refractivity contribution in [1.29, 1.82) is 0 Å². The molecule has 0 bridgehead atoms. The molecule has 7 nitrogen and oxygen atoms in total. The van der Waals surface area contributed by atoms with Crippen molar-refractivity contribution >= 4 is 27.6 Å². The molecule has 0 fully saturated rings. The van der Waals surface area contributed by atoms with Crippen LogP contribution in [0.15, 0.2) is 47.4 Å². The Morgan fingerprint density at radius 3 is 2.03 bits per heavy atom. The van der Waals surface area contributed by atoms with Crippen molar-refractivity contribution in [3.8, 4) is 0 Å². The Kier molecular flexibility index (Phi) is 6.81. The smallest absolute Gasteiger partial charge is 0.338 e. The number of amides is 1. The SMILES string of the molecule is Cc1cccc(C)c1NC(=O)COC(=O)c1ccc(S(=O)(=O)NC(C)(C)C)cc1. The molecule has 0 aromatic heterocycles. The van der Waals surface area contributed by atoms with Gasteiger partial charge in [0.15, 0.2) is 6.61 Å². The van der Waals surface area contributed by atoms with Gasteiger partial charge in [-0.1, -0.05) is 18.2 Å². The number of hydrogen-bond acceptors (Lipinski definition) is 5. The fourth-order valence-corrected chi connectivity index (χ4v) is 4.05. The quantitative estimate of drug-likeness (QED) is 0.702. The first-order valence-corrected chi connectivity index (χ1v) is 10.5. The maximum absolute atomic E-state index is 12.3. The lowest BCUT2D eigenvalue weighted by molar-refractivity contribution is -0.119. The van der Waals surface area contributed by atoms with E-state index in [1.165, 1.54) is 24.3 Å². The Labute approximate surface area is 171 Å². The van der Waals surface area contributed by atoms with Crippen LogP contribution >= 0.6 is 0 Å². The highest BCUT2D eigenvalue weighted by Crippen LogP contribution is 2.19. The average Bonchev–Trinajstić information content (AvgIpc) is 2.61. The molecule has 1 amide bonds. The monoisotopic (exact) mass is 418 g/mol. The zero-order valence-corrected chi connectivity index (χ0v) is 18.0. The van der Waals surface area contributed by atoms with Crippen molar-refractivity contribution in [2.24, 2.45) is 0 Å². The van der Waals surface area contributed by atoms with Crippen molar-refractivity contribution in [3.63, 3.8) is 0 Å². The van der Waals surface area contributed by atoms with Gasteiger partial charge in [0.1, 0.15) is 0 Å². The first-order valence-electron chi connectivity index (χ1n) is 9.06. The number of ether oxygens (including phenoxy) is 1. The van der Waals surface area contributed by atoms with Crippen LogP contribution in [0.3, 0.4) is 0 Å². The van der Waals surface area contributed by atoms with Gasteiger partial charge < -0.3 is 10.1 Å². The first-order chi connectivity index (χ1) is 13.4. The average molecular weight is 419 g/mol. The lowest BCUT2D eigenvalue weighted by atomic mass is 10.1. The molecular formula is C21H26N2O5S. The molecule has 0 spiro atoms. The van der Waals surface area contributed by atoms with Crippen molar-refractivity contribution in [2.45, 2.75) is 45.1 Å². The van der Waals surface area contributed by atoms with Gasteiger partial charge in [-0.25, -0.2) is 17.9 Å². The third-order valence-electron chi connectivity index (χ3n) is 3.92. The van der Waals surface area contributed by atoms with Crippen LogP contribution in [0.4, 0.5) is 5.69 Å². The highest BCUT2D eigenvalue weighted by Gasteiger charge is 2.22. The largest absolute Gasteiger partial charge is 0.452 e. The standard InChI is InChI=1S/C21H26N2O5S/c1-14-7-6-8-15(2)19(14)22-18(24)13-28-20(25)16-9-11-17(12-10-16)29(26,27)23-21(3,4)5/h6-12,23H,13H2,1-5H3,(H,22,24). The number of carbonyl (C=O) groups is 2. The zero-order chi connectivity index (χ0) is 21.8. The van der Waals surface area contributed by atoms with Gasteiger partial charge in [0.2, 0.25) is 10.0 Å². The topological polar surface area (TPSA) is 102 Å². The number of nitrogens with one attached hydrogen (secondary N) is 2. The fraction of sp³-hybridized carbons (Fsp3) is 0.333. The maximum Gasteiger partial charge on any atom is 0.338 e. The van der Waals surface area contributed by atoms with Gasteiger partial charge in [-0.2, -0.15) is 0 Å². The summed E-state index contributed by atoms with van der Waals surface area (Å²) >= 11 is 0. The summed E-state index contributed by atoms with van der Waals surface area (Å²) in [7, 11) is -3.70. The number of para-hydroxylation sites is 1. The van der Waals surface area contributed by atoms with Gasteiger partial charge in [-0.15, -0.1) is 0 Å². The summed E-state index contributed by atoms with van der Waals surface area (Å²) in [5.74, 6) is -1.17. The van der Waals surface area contributed by atoms with Crippen LogP contribution in [0.25, 0.3) is 0 Å². The first kappa shape index (κ1) is 22.6. The molecule has 2 aromatic carbocycles. The van der Waals surface area contributed by atoms with Gasteiger partial charge in [-0.05, 0) is 70.0 Å². The van der Waals surface area contributed by atoms with Crippen LogP contribution in [-0.2, 0) is 19.6 Å². The lowest BCUT2D eigenvalue weighted by Gasteiger charge is -2.20. The van der Waals surface area contributed by atoms with Crippen molar-refractivity contribution in [1.82, 2.24) is 4.72 Å². The summed E-state index contributed by atoms with van der Waals surface area (Å²) in [6, 6.07) is 11.0. The fourth-order valence-electron chi connectivity index (χ4n) is 2.63. The Morgan fingerprint density at radius 1 is 0.966 bits per heavy atom. The third-order valence-corrected chi connectivity index (χ3v) is 5.69. The minimum Gasteiger partial charge on any atom is -0.452 e. The molecule has 2 rings (SSSR count). The van der Waals surface area contributed by atoms with Crippen LogP contribution in [-0.4, -0.2) is 32.4 Å².